The van der Waals surface area contributed by atoms with Crippen LogP contribution in [0.15, 0.2) is 0 Å². The second kappa shape index (κ2) is 4.55. The third kappa shape index (κ3) is 2.65. The molecule has 0 heterocycles. The number of hydrogen-bond donors (Lipinski definition) is 4. The lowest BCUT2D eigenvalue weighted by Crippen LogP contribution is -2.54. The SMILES string of the molecule is NCC(=O)NC1C(O)CCCC1O. The van der Waals surface area contributed by atoms with Crippen LogP contribution >= 0.6 is 0 Å². The maximum absolute atomic E-state index is 10.9. The van der Waals surface area contributed by atoms with E-state index in [4.69, 9.17) is 5.73 Å². The molecule has 1 fully saturated rings. The Balaban J connectivity index is 2.48. The Labute approximate surface area is 76.9 Å². The molecule has 5 nitrogen and oxygen atoms in total. The molecule has 76 valence electrons. The maximum Gasteiger partial charge on any atom is 0.234 e. The largest absolute Gasteiger partial charge is 0.391 e. The quantitative estimate of drug-likeness (QED) is 0.417. The highest BCUT2D eigenvalue weighted by atomic mass is 16.3. The number of hydrogen-bond acceptors (Lipinski definition) is 4. The second-order valence-electron chi connectivity index (χ2n) is 3.36. The monoisotopic (exact) mass is 188 g/mol. The summed E-state index contributed by atoms with van der Waals surface area (Å²) in [5, 5.41) is 21.4. The summed E-state index contributed by atoms with van der Waals surface area (Å²) in [5.74, 6) is -0.343. The molecule has 2 unspecified atom stereocenters. The van der Waals surface area contributed by atoms with Crippen LogP contribution in [0.1, 0.15) is 19.3 Å². The van der Waals surface area contributed by atoms with Crippen molar-refractivity contribution in [2.45, 2.75) is 37.5 Å². The summed E-state index contributed by atoms with van der Waals surface area (Å²) in [6.45, 7) is -0.115. The highest BCUT2D eigenvalue weighted by Crippen LogP contribution is 2.18. The maximum atomic E-state index is 10.9. The van der Waals surface area contributed by atoms with Crippen molar-refractivity contribution in [3.05, 3.63) is 0 Å². The Morgan fingerprint density at radius 3 is 2.38 bits per heavy atom. The molecule has 1 amide bonds. The lowest BCUT2D eigenvalue weighted by atomic mass is 9.90. The molecule has 1 aliphatic rings. The molecule has 2 atom stereocenters. The van der Waals surface area contributed by atoms with Gasteiger partial charge in [0.15, 0.2) is 0 Å². The fourth-order valence-corrected chi connectivity index (χ4v) is 1.59. The van der Waals surface area contributed by atoms with Crippen LogP contribution in [0.2, 0.25) is 0 Å². The van der Waals surface area contributed by atoms with E-state index in [1.165, 1.54) is 0 Å². The Kier molecular flexibility index (Phi) is 3.65. The smallest absolute Gasteiger partial charge is 0.234 e. The minimum Gasteiger partial charge on any atom is -0.391 e. The van der Waals surface area contributed by atoms with Gasteiger partial charge in [0, 0.05) is 0 Å². The fourth-order valence-electron chi connectivity index (χ4n) is 1.59. The molecule has 1 rings (SSSR count). The van der Waals surface area contributed by atoms with Crippen molar-refractivity contribution < 1.29 is 15.0 Å². The molecule has 0 aliphatic heterocycles. The van der Waals surface area contributed by atoms with Gasteiger partial charge in [0.05, 0.1) is 24.8 Å². The Morgan fingerprint density at radius 2 is 1.92 bits per heavy atom. The van der Waals surface area contributed by atoms with Gasteiger partial charge in [-0.1, -0.05) is 0 Å². The van der Waals surface area contributed by atoms with Gasteiger partial charge < -0.3 is 21.3 Å². The van der Waals surface area contributed by atoms with E-state index in [9.17, 15) is 15.0 Å². The van der Waals surface area contributed by atoms with E-state index in [2.05, 4.69) is 5.32 Å². The lowest BCUT2D eigenvalue weighted by molar-refractivity contribution is -0.123. The van der Waals surface area contributed by atoms with Gasteiger partial charge in [-0.25, -0.2) is 0 Å². The Hall–Kier alpha value is -0.650. The van der Waals surface area contributed by atoms with Gasteiger partial charge in [-0.2, -0.15) is 0 Å². The van der Waals surface area contributed by atoms with Gasteiger partial charge in [0.1, 0.15) is 0 Å². The van der Waals surface area contributed by atoms with Crippen molar-refractivity contribution in [2.24, 2.45) is 5.73 Å². The van der Waals surface area contributed by atoms with Crippen LogP contribution in [0, 0.1) is 0 Å². The number of nitrogens with one attached hydrogen (secondary N) is 1. The van der Waals surface area contributed by atoms with Gasteiger partial charge >= 0.3 is 0 Å². The van der Waals surface area contributed by atoms with Crippen LogP contribution in [0.5, 0.6) is 0 Å². The number of aliphatic hydroxyl groups excluding tert-OH is 2. The van der Waals surface area contributed by atoms with Crippen molar-refractivity contribution >= 4 is 5.91 Å². The average Bonchev–Trinajstić information content (AvgIpc) is 2.11. The van der Waals surface area contributed by atoms with Crippen LogP contribution < -0.4 is 11.1 Å². The first kappa shape index (κ1) is 10.4. The highest BCUT2D eigenvalue weighted by Gasteiger charge is 2.31. The summed E-state index contributed by atoms with van der Waals surface area (Å²) in [4.78, 5) is 10.9. The molecule has 1 aliphatic carbocycles. The van der Waals surface area contributed by atoms with Crippen molar-refractivity contribution in [3.63, 3.8) is 0 Å². The molecule has 0 spiro atoms. The molecule has 0 aromatic carbocycles. The molecule has 0 saturated heterocycles. The van der Waals surface area contributed by atoms with Crippen molar-refractivity contribution in [1.29, 1.82) is 0 Å². The van der Waals surface area contributed by atoms with E-state index in [0.717, 1.165) is 6.42 Å². The van der Waals surface area contributed by atoms with Gasteiger partial charge in [0.2, 0.25) is 5.91 Å². The fraction of sp³-hybridized carbons (Fsp3) is 0.875. The standard InChI is InChI=1S/C8H16N2O3/c9-4-7(13)10-8-5(11)2-1-3-6(8)12/h5-6,8,11-12H,1-4,9H2,(H,10,13). The van der Waals surface area contributed by atoms with Crippen LogP contribution in [-0.4, -0.2) is 40.9 Å². The Morgan fingerprint density at radius 1 is 1.38 bits per heavy atom. The Bertz CT molecular complexity index is 176. The number of rotatable bonds is 2. The molecule has 13 heavy (non-hydrogen) atoms. The molecule has 0 radical (unpaired) electrons. The van der Waals surface area contributed by atoms with Gasteiger partial charge in [-0.3, -0.25) is 4.79 Å². The van der Waals surface area contributed by atoms with Gasteiger partial charge in [-0.15, -0.1) is 0 Å². The molecule has 1 saturated carbocycles. The summed E-state index contributed by atoms with van der Waals surface area (Å²) >= 11 is 0. The zero-order valence-corrected chi connectivity index (χ0v) is 7.44. The van der Waals surface area contributed by atoms with E-state index in [-0.39, 0.29) is 12.5 Å². The van der Waals surface area contributed by atoms with Crippen molar-refractivity contribution in [1.82, 2.24) is 5.32 Å². The minimum atomic E-state index is -0.653. The van der Waals surface area contributed by atoms with Crippen LogP contribution in [0.4, 0.5) is 0 Å². The zero-order chi connectivity index (χ0) is 9.84. The number of nitrogens with two attached hydrogens (primary N) is 1. The third-order valence-corrected chi connectivity index (χ3v) is 2.34. The lowest BCUT2D eigenvalue weighted by Gasteiger charge is -2.32. The molecule has 0 aromatic heterocycles. The van der Waals surface area contributed by atoms with E-state index < -0.39 is 18.2 Å². The summed E-state index contributed by atoms with van der Waals surface area (Å²) in [5.41, 5.74) is 5.10. The molecular weight excluding hydrogens is 172 g/mol. The highest BCUT2D eigenvalue weighted by molar-refractivity contribution is 5.78. The van der Waals surface area contributed by atoms with Crippen LogP contribution in [0.3, 0.4) is 0 Å². The predicted octanol–water partition coefficient (Wildman–Crippen LogP) is -1.66. The molecule has 0 bridgehead atoms. The normalized spacial score (nSPS) is 34.2. The summed E-state index contributed by atoms with van der Waals surface area (Å²) in [6, 6.07) is -0.551. The van der Waals surface area contributed by atoms with Gasteiger partial charge in [-0.05, 0) is 19.3 Å². The summed E-state index contributed by atoms with van der Waals surface area (Å²) in [7, 11) is 0. The molecular formula is C8H16N2O3. The number of carbonyl (C=O) groups is 1. The first-order valence-electron chi connectivity index (χ1n) is 4.50. The van der Waals surface area contributed by atoms with E-state index in [1.54, 1.807) is 0 Å². The second-order valence-corrected chi connectivity index (χ2v) is 3.36. The van der Waals surface area contributed by atoms with Crippen LogP contribution in [-0.2, 0) is 4.79 Å². The number of carbonyl (C=O) groups excluding carboxylic acids is 1. The first-order valence-corrected chi connectivity index (χ1v) is 4.50. The molecule has 0 aromatic rings. The zero-order valence-electron chi connectivity index (χ0n) is 7.44. The topological polar surface area (TPSA) is 95.6 Å². The minimum absolute atomic E-state index is 0.115. The van der Waals surface area contributed by atoms with Crippen molar-refractivity contribution in [2.75, 3.05) is 6.54 Å². The van der Waals surface area contributed by atoms with Crippen LogP contribution in [0.25, 0.3) is 0 Å². The number of aliphatic hydroxyl groups is 2. The predicted molar refractivity (Wildman–Crippen MR) is 46.8 cm³/mol. The third-order valence-electron chi connectivity index (χ3n) is 2.34. The van der Waals surface area contributed by atoms with E-state index >= 15 is 0 Å². The number of amides is 1. The van der Waals surface area contributed by atoms with E-state index in [1.807, 2.05) is 0 Å². The molecule has 5 N–H and O–H groups in total. The van der Waals surface area contributed by atoms with Gasteiger partial charge in [0.25, 0.3) is 0 Å². The summed E-state index contributed by atoms with van der Waals surface area (Å²) in [6.07, 6.45) is 0.717. The summed E-state index contributed by atoms with van der Waals surface area (Å²) < 4.78 is 0. The first-order chi connectivity index (χ1) is 6.15. The van der Waals surface area contributed by atoms with Crippen molar-refractivity contribution in [3.8, 4) is 0 Å². The average molecular weight is 188 g/mol. The molecule has 5 heteroatoms. The van der Waals surface area contributed by atoms with E-state index in [0.29, 0.717) is 12.8 Å².